The first kappa shape index (κ1) is 7.89. The molecule has 0 bridgehead atoms. The molecule has 1 saturated carbocycles. The van der Waals surface area contributed by atoms with E-state index in [-0.39, 0.29) is 18.8 Å². The van der Waals surface area contributed by atoms with Crippen molar-refractivity contribution >= 4 is 0 Å². The molecule has 3 heteroatoms. The highest BCUT2D eigenvalue weighted by atomic mass is 19.4. The second-order valence-electron chi connectivity index (χ2n) is 2.49. The van der Waals surface area contributed by atoms with Crippen molar-refractivity contribution in [1.82, 2.24) is 0 Å². The first-order valence-corrected chi connectivity index (χ1v) is 3.34. The van der Waals surface area contributed by atoms with Crippen LogP contribution in [0.25, 0.3) is 0 Å². The molecule has 2 radical (unpaired) electrons. The van der Waals surface area contributed by atoms with Crippen LogP contribution in [0.1, 0.15) is 25.7 Å². The summed E-state index contributed by atoms with van der Waals surface area (Å²) in [5, 5.41) is 0. The maximum Gasteiger partial charge on any atom is 0.395 e. The number of alkyl halides is 3. The zero-order valence-corrected chi connectivity index (χ0v) is 5.54. The van der Waals surface area contributed by atoms with E-state index in [1.807, 2.05) is 0 Å². The summed E-state index contributed by atoms with van der Waals surface area (Å²) >= 11 is 0. The van der Waals surface area contributed by atoms with Crippen LogP contribution in [0.2, 0.25) is 0 Å². The molecule has 1 aliphatic carbocycles. The van der Waals surface area contributed by atoms with Gasteiger partial charge in [0.2, 0.25) is 0 Å². The Morgan fingerprint density at radius 1 is 1.30 bits per heavy atom. The molecule has 0 heterocycles. The van der Waals surface area contributed by atoms with Crippen LogP contribution >= 0.6 is 0 Å². The van der Waals surface area contributed by atoms with Gasteiger partial charge in [-0.3, -0.25) is 0 Å². The summed E-state index contributed by atoms with van der Waals surface area (Å²) in [7, 11) is 0. The molecule has 0 saturated heterocycles. The fraction of sp³-hybridized carbons (Fsp3) is 0.714. The minimum atomic E-state index is -4.04. The summed E-state index contributed by atoms with van der Waals surface area (Å²) in [4.78, 5) is 0. The van der Waals surface area contributed by atoms with Crippen LogP contribution in [0.3, 0.4) is 0 Å². The average Bonchev–Trinajstić information content (AvgIpc) is 1.88. The Hall–Kier alpha value is -0.210. The Balaban J connectivity index is 2.39. The Kier molecular flexibility index (Phi) is 2.21. The minimum absolute atomic E-state index is 0.142. The van der Waals surface area contributed by atoms with Crippen LogP contribution in [0.4, 0.5) is 13.2 Å². The minimum Gasteiger partial charge on any atom is -0.170 e. The van der Waals surface area contributed by atoms with E-state index in [1.165, 1.54) is 0 Å². The van der Waals surface area contributed by atoms with Crippen LogP contribution in [-0.4, -0.2) is 6.18 Å². The molecule has 0 unspecified atom stereocenters. The van der Waals surface area contributed by atoms with Crippen molar-refractivity contribution in [3.05, 3.63) is 12.3 Å². The zero-order chi connectivity index (χ0) is 7.61. The molecule has 58 valence electrons. The van der Waals surface area contributed by atoms with Gasteiger partial charge in [-0.15, -0.1) is 0 Å². The van der Waals surface area contributed by atoms with Gasteiger partial charge in [-0.2, -0.15) is 13.2 Å². The molecular weight excluding hydrogens is 141 g/mol. The van der Waals surface area contributed by atoms with E-state index < -0.39 is 6.18 Å². The second-order valence-corrected chi connectivity index (χ2v) is 2.49. The topological polar surface area (TPSA) is 0 Å². The van der Waals surface area contributed by atoms with Gasteiger partial charge in [0.25, 0.3) is 0 Å². The van der Waals surface area contributed by atoms with E-state index in [9.17, 15) is 13.2 Å². The summed E-state index contributed by atoms with van der Waals surface area (Å²) < 4.78 is 35.7. The molecule has 10 heavy (non-hydrogen) atoms. The maximum absolute atomic E-state index is 11.9. The number of rotatable bonds is 0. The summed E-state index contributed by atoms with van der Waals surface area (Å²) in [6.07, 6.45) is -0.471. The van der Waals surface area contributed by atoms with Gasteiger partial charge < -0.3 is 0 Å². The fourth-order valence-corrected chi connectivity index (χ4v) is 1.10. The van der Waals surface area contributed by atoms with Crippen molar-refractivity contribution in [2.45, 2.75) is 31.9 Å². The lowest BCUT2D eigenvalue weighted by molar-refractivity contribution is -0.119. The molecule has 0 aromatic rings. The zero-order valence-electron chi connectivity index (χ0n) is 5.54. The molecule has 1 aliphatic rings. The number of hydrogen-bond acceptors (Lipinski definition) is 0. The molecule has 0 atom stereocenters. The summed E-state index contributed by atoms with van der Waals surface area (Å²) in [6, 6.07) is 0. The van der Waals surface area contributed by atoms with Gasteiger partial charge in [0.05, 0.1) is 5.92 Å². The lowest BCUT2D eigenvalue weighted by Gasteiger charge is -2.22. The van der Waals surface area contributed by atoms with Gasteiger partial charge in [-0.1, -0.05) is 12.8 Å². The highest BCUT2D eigenvalue weighted by Crippen LogP contribution is 2.38. The van der Waals surface area contributed by atoms with E-state index in [4.69, 9.17) is 0 Å². The van der Waals surface area contributed by atoms with Crippen molar-refractivity contribution < 1.29 is 13.2 Å². The van der Waals surface area contributed by atoms with Gasteiger partial charge in [0.15, 0.2) is 0 Å². The monoisotopic (exact) mass is 150 g/mol. The van der Waals surface area contributed by atoms with Crippen LogP contribution < -0.4 is 0 Å². The standard InChI is InChI=1S/C7H9F3/c8-7(9,10)6-4-2-1-3-5-6/h2H,1,3-5H2. The van der Waals surface area contributed by atoms with E-state index in [1.54, 1.807) is 6.42 Å². The molecule has 0 aliphatic heterocycles. The summed E-state index contributed by atoms with van der Waals surface area (Å²) in [5.74, 6) is -0.265. The summed E-state index contributed by atoms with van der Waals surface area (Å²) in [6.45, 7) is 0. The highest BCUT2D eigenvalue weighted by Gasteiger charge is 2.40. The van der Waals surface area contributed by atoms with Gasteiger partial charge >= 0.3 is 6.18 Å². The first-order chi connectivity index (χ1) is 4.61. The molecule has 0 nitrogen and oxygen atoms in total. The molecule has 1 rings (SSSR count). The largest absolute Gasteiger partial charge is 0.395 e. The molecule has 0 amide bonds. The van der Waals surface area contributed by atoms with Crippen molar-refractivity contribution in [3.63, 3.8) is 0 Å². The lowest BCUT2D eigenvalue weighted by atomic mass is 9.89. The van der Waals surface area contributed by atoms with E-state index in [0.717, 1.165) is 6.42 Å². The highest BCUT2D eigenvalue weighted by molar-refractivity contribution is 5.04. The fourth-order valence-electron chi connectivity index (χ4n) is 1.10. The van der Waals surface area contributed by atoms with Crippen LogP contribution in [0.5, 0.6) is 0 Å². The third-order valence-electron chi connectivity index (χ3n) is 1.68. The second kappa shape index (κ2) is 2.81. The molecular formula is C7H9F3. The van der Waals surface area contributed by atoms with Crippen molar-refractivity contribution in [3.8, 4) is 0 Å². The van der Waals surface area contributed by atoms with Crippen LogP contribution in [-0.2, 0) is 0 Å². The predicted molar refractivity (Wildman–Crippen MR) is 32.1 cm³/mol. The third kappa shape index (κ3) is 1.89. The molecule has 0 spiro atoms. The molecule has 0 aromatic heterocycles. The van der Waals surface area contributed by atoms with Crippen molar-refractivity contribution in [1.29, 1.82) is 0 Å². The Morgan fingerprint density at radius 2 is 2.00 bits per heavy atom. The molecule has 0 N–H and O–H groups in total. The normalized spacial score (nSPS) is 23.1. The SMILES string of the molecule is FC(F)(F)[C]1C[CH]CCC1. The number of halogens is 3. The first-order valence-electron chi connectivity index (χ1n) is 3.34. The van der Waals surface area contributed by atoms with Gasteiger partial charge in [-0.25, -0.2) is 0 Å². The lowest BCUT2D eigenvalue weighted by Crippen LogP contribution is -2.22. The third-order valence-corrected chi connectivity index (χ3v) is 1.68. The van der Waals surface area contributed by atoms with Gasteiger partial charge in [0, 0.05) is 0 Å². The Bertz CT molecular complexity index is 99.9. The van der Waals surface area contributed by atoms with Crippen LogP contribution in [0, 0.1) is 12.3 Å². The van der Waals surface area contributed by atoms with Gasteiger partial charge in [0.1, 0.15) is 0 Å². The Labute approximate surface area is 58.4 Å². The maximum atomic E-state index is 11.9. The smallest absolute Gasteiger partial charge is 0.170 e. The molecule has 1 fully saturated rings. The van der Waals surface area contributed by atoms with Crippen molar-refractivity contribution in [2.75, 3.05) is 0 Å². The summed E-state index contributed by atoms with van der Waals surface area (Å²) in [5.41, 5.74) is 0. The van der Waals surface area contributed by atoms with E-state index >= 15 is 0 Å². The Morgan fingerprint density at radius 3 is 2.30 bits per heavy atom. The molecule has 0 aromatic carbocycles. The average molecular weight is 150 g/mol. The quantitative estimate of drug-likeness (QED) is 0.498. The van der Waals surface area contributed by atoms with E-state index in [0.29, 0.717) is 6.42 Å². The number of hydrogen-bond donors (Lipinski definition) is 0. The van der Waals surface area contributed by atoms with Crippen LogP contribution in [0.15, 0.2) is 0 Å². The van der Waals surface area contributed by atoms with Gasteiger partial charge in [-0.05, 0) is 19.3 Å². The van der Waals surface area contributed by atoms with E-state index in [2.05, 4.69) is 0 Å². The predicted octanol–water partition coefficient (Wildman–Crippen LogP) is 2.90. The van der Waals surface area contributed by atoms with Crippen molar-refractivity contribution in [2.24, 2.45) is 0 Å².